The van der Waals surface area contributed by atoms with Crippen LogP contribution in [0.2, 0.25) is 0 Å². The number of hydrogen-bond donors (Lipinski definition) is 0. The molecule has 0 N–H and O–H groups in total. The zero-order valence-electron chi connectivity index (χ0n) is 10.1. The number of hydrogen-bond acceptors (Lipinski definition) is 1. The van der Waals surface area contributed by atoms with Gasteiger partial charge >= 0.3 is 0 Å². The average Bonchev–Trinajstić information content (AvgIpc) is 2.16. The Morgan fingerprint density at radius 1 is 1.33 bits per heavy atom. The van der Waals surface area contributed by atoms with E-state index in [1.807, 2.05) is 0 Å². The Morgan fingerprint density at radius 3 is 2.73 bits per heavy atom. The third-order valence-corrected chi connectivity index (χ3v) is 4.30. The topological polar surface area (TPSA) is 17.1 Å². The molecule has 0 aromatic heterocycles. The molecule has 15 heavy (non-hydrogen) atoms. The van der Waals surface area contributed by atoms with Gasteiger partial charge in [-0.2, -0.15) is 0 Å². The Labute approximate surface area is 92.9 Å². The van der Waals surface area contributed by atoms with Crippen LogP contribution >= 0.6 is 0 Å². The number of rotatable bonds is 1. The molecule has 1 nitrogen and oxygen atoms in total. The van der Waals surface area contributed by atoms with Crippen LogP contribution in [0.4, 0.5) is 0 Å². The van der Waals surface area contributed by atoms with Crippen LogP contribution in [0.5, 0.6) is 0 Å². The summed E-state index contributed by atoms with van der Waals surface area (Å²) >= 11 is 0. The van der Waals surface area contributed by atoms with E-state index in [-0.39, 0.29) is 0 Å². The Kier molecular flexibility index (Phi) is 2.99. The smallest absolute Gasteiger partial charge is 0.136 e. The van der Waals surface area contributed by atoms with Gasteiger partial charge in [-0.1, -0.05) is 25.5 Å². The van der Waals surface area contributed by atoms with Gasteiger partial charge in [0.15, 0.2) is 0 Å². The standard InChI is InChI=1S/C14H22O/c1-9(2)11-7-12-6-10(3)4-5-13(12)14(15)8-11/h4,9,11-13H,5-8H2,1-3H3/t11-,12-,13+/m1/s1. The van der Waals surface area contributed by atoms with E-state index in [4.69, 9.17) is 0 Å². The van der Waals surface area contributed by atoms with Crippen molar-refractivity contribution in [2.24, 2.45) is 23.7 Å². The second kappa shape index (κ2) is 4.11. The highest BCUT2D eigenvalue weighted by molar-refractivity contribution is 5.82. The fourth-order valence-electron chi connectivity index (χ4n) is 3.19. The van der Waals surface area contributed by atoms with Crippen LogP contribution < -0.4 is 0 Å². The van der Waals surface area contributed by atoms with Crippen LogP contribution in [0.3, 0.4) is 0 Å². The van der Waals surface area contributed by atoms with E-state index < -0.39 is 0 Å². The molecule has 0 aromatic carbocycles. The zero-order chi connectivity index (χ0) is 11.0. The predicted molar refractivity (Wildman–Crippen MR) is 62.5 cm³/mol. The van der Waals surface area contributed by atoms with Gasteiger partial charge < -0.3 is 0 Å². The highest BCUT2D eigenvalue weighted by Crippen LogP contribution is 2.42. The van der Waals surface area contributed by atoms with E-state index in [0.29, 0.717) is 29.5 Å². The van der Waals surface area contributed by atoms with Gasteiger partial charge in [0, 0.05) is 12.3 Å². The number of Topliss-reactive ketones (excluding diaryl/α,β-unsaturated/α-hetero) is 1. The molecule has 2 rings (SSSR count). The van der Waals surface area contributed by atoms with Crippen LogP contribution in [0.1, 0.15) is 46.5 Å². The largest absolute Gasteiger partial charge is 0.299 e. The van der Waals surface area contributed by atoms with Crippen LogP contribution in [-0.2, 0) is 4.79 Å². The molecule has 0 aromatic rings. The molecule has 3 atom stereocenters. The molecule has 0 amide bonds. The lowest BCUT2D eigenvalue weighted by atomic mass is 9.65. The Hall–Kier alpha value is -0.590. The molecular formula is C14H22O. The van der Waals surface area contributed by atoms with Crippen molar-refractivity contribution in [3.63, 3.8) is 0 Å². The maximum Gasteiger partial charge on any atom is 0.136 e. The van der Waals surface area contributed by atoms with E-state index in [0.717, 1.165) is 12.8 Å². The highest BCUT2D eigenvalue weighted by atomic mass is 16.1. The van der Waals surface area contributed by atoms with Gasteiger partial charge in [-0.15, -0.1) is 0 Å². The molecule has 1 fully saturated rings. The summed E-state index contributed by atoms with van der Waals surface area (Å²) in [5.41, 5.74) is 1.49. The molecule has 0 spiro atoms. The van der Waals surface area contributed by atoms with E-state index >= 15 is 0 Å². The van der Waals surface area contributed by atoms with Crippen molar-refractivity contribution in [1.82, 2.24) is 0 Å². The van der Waals surface area contributed by atoms with Gasteiger partial charge in [0.05, 0.1) is 0 Å². The maximum absolute atomic E-state index is 12.0. The first-order valence-corrected chi connectivity index (χ1v) is 6.26. The van der Waals surface area contributed by atoms with E-state index in [2.05, 4.69) is 26.8 Å². The van der Waals surface area contributed by atoms with Crippen LogP contribution in [0.25, 0.3) is 0 Å². The average molecular weight is 206 g/mol. The monoisotopic (exact) mass is 206 g/mol. The summed E-state index contributed by atoms with van der Waals surface area (Å²) in [6.45, 7) is 6.72. The van der Waals surface area contributed by atoms with Crippen molar-refractivity contribution < 1.29 is 4.79 Å². The number of carbonyl (C=O) groups is 1. The fourth-order valence-corrected chi connectivity index (χ4v) is 3.19. The van der Waals surface area contributed by atoms with Gasteiger partial charge in [-0.3, -0.25) is 4.79 Å². The minimum absolute atomic E-state index is 0.365. The van der Waals surface area contributed by atoms with Crippen molar-refractivity contribution in [3.05, 3.63) is 11.6 Å². The van der Waals surface area contributed by atoms with Gasteiger partial charge in [-0.25, -0.2) is 0 Å². The van der Waals surface area contributed by atoms with Crippen molar-refractivity contribution in [3.8, 4) is 0 Å². The van der Waals surface area contributed by atoms with E-state index in [1.54, 1.807) is 0 Å². The zero-order valence-corrected chi connectivity index (χ0v) is 10.1. The van der Waals surface area contributed by atoms with Crippen molar-refractivity contribution in [2.75, 3.05) is 0 Å². The lowest BCUT2D eigenvalue weighted by Crippen LogP contribution is -2.36. The van der Waals surface area contributed by atoms with Crippen LogP contribution in [0, 0.1) is 23.7 Å². The molecule has 0 radical (unpaired) electrons. The third-order valence-electron chi connectivity index (χ3n) is 4.30. The van der Waals surface area contributed by atoms with Gasteiger partial charge in [0.1, 0.15) is 5.78 Å². The Balaban J connectivity index is 2.11. The Morgan fingerprint density at radius 2 is 2.07 bits per heavy atom. The first-order valence-electron chi connectivity index (χ1n) is 6.26. The van der Waals surface area contributed by atoms with E-state index in [1.165, 1.54) is 18.4 Å². The van der Waals surface area contributed by atoms with Gasteiger partial charge in [0.25, 0.3) is 0 Å². The molecule has 1 heteroatoms. The molecule has 0 aliphatic heterocycles. The first-order chi connectivity index (χ1) is 7.08. The normalized spacial score (nSPS) is 36.4. The maximum atomic E-state index is 12.0. The van der Waals surface area contributed by atoms with Crippen molar-refractivity contribution in [1.29, 1.82) is 0 Å². The Bertz CT molecular complexity index is 288. The second-order valence-electron chi connectivity index (χ2n) is 5.77. The summed E-state index contributed by atoms with van der Waals surface area (Å²) in [7, 11) is 0. The lowest BCUT2D eigenvalue weighted by molar-refractivity contribution is -0.129. The number of ketones is 1. The summed E-state index contributed by atoms with van der Waals surface area (Å²) in [5, 5.41) is 0. The fraction of sp³-hybridized carbons (Fsp3) is 0.786. The molecule has 0 unspecified atom stereocenters. The predicted octanol–water partition coefficient (Wildman–Crippen LogP) is 3.59. The second-order valence-corrected chi connectivity index (χ2v) is 5.77. The summed E-state index contributed by atoms with van der Waals surface area (Å²) in [6.07, 6.45) is 6.57. The molecule has 2 aliphatic carbocycles. The number of carbonyl (C=O) groups excluding carboxylic acids is 1. The van der Waals surface area contributed by atoms with E-state index in [9.17, 15) is 4.79 Å². The summed E-state index contributed by atoms with van der Waals surface area (Å²) in [5.74, 6) is 2.87. The minimum atomic E-state index is 0.365. The SMILES string of the molecule is CC1=CC[C@@H]2C(=O)C[C@H](C(C)C)C[C@H]2C1. The van der Waals surface area contributed by atoms with Crippen LogP contribution in [0.15, 0.2) is 11.6 Å². The quantitative estimate of drug-likeness (QED) is 0.599. The van der Waals surface area contributed by atoms with Gasteiger partial charge in [0.2, 0.25) is 0 Å². The summed E-state index contributed by atoms with van der Waals surface area (Å²) in [4.78, 5) is 12.0. The first kappa shape index (κ1) is 10.9. The summed E-state index contributed by atoms with van der Waals surface area (Å²) in [6, 6.07) is 0. The number of fused-ring (bicyclic) bond motifs is 1. The molecule has 0 saturated heterocycles. The van der Waals surface area contributed by atoms with Crippen LogP contribution in [-0.4, -0.2) is 5.78 Å². The molecule has 0 heterocycles. The molecule has 0 bridgehead atoms. The minimum Gasteiger partial charge on any atom is -0.299 e. The lowest BCUT2D eigenvalue weighted by Gasteiger charge is -2.38. The number of allylic oxidation sites excluding steroid dienone is 2. The third kappa shape index (κ3) is 2.16. The molecule has 1 saturated carbocycles. The van der Waals surface area contributed by atoms with Crippen molar-refractivity contribution >= 4 is 5.78 Å². The summed E-state index contributed by atoms with van der Waals surface area (Å²) < 4.78 is 0. The van der Waals surface area contributed by atoms with Gasteiger partial charge in [-0.05, 0) is 43.9 Å². The van der Waals surface area contributed by atoms with Crippen molar-refractivity contribution in [2.45, 2.75) is 46.5 Å². The molecular weight excluding hydrogens is 184 g/mol. The highest BCUT2D eigenvalue weighted by Gasteiger charge is 2.38. The molecule has 84 valence electrons. The molecule has 2 aliphatic rings.